The summed E-state index contributed by atoms with van der Waals surface area (Å²) in [5.74, 6) is 1.38. The molecule has 4 aromatic rings. The van der Waals surface area contributed by atoms with Crippen molar-refractivity contribution in [3.05, 3.63) is 73.1 Å². The Kier molecular flexibility index (Phi) is 4.83. The molecule has 0 spiro atoms. The van der Waals surface area contributed by atoms with Crippen molar-refractivity contribution in [3.63, 3.8) is 0 Å². The molecule has 1 unspecified atom stereocenters. The van der Waals surface area contributed by atoms with Gasteiger partial charge in [0.05, 0.1) is 0 Å². The van der Waals surface area contributed by atoms with Crippen LogP contribution in [0.2, 0.25) is 0 Å². The van der Waals surface area contributed by atoms with Crippen LogP contribution < -0.4 is 0 Å². The van der Waals surface area contributed by atoms with Crippen molar-refractivity contribution >= 4 is 21.8 Å². The molecule has 0 amide bonds. The monoisotopic (exact) mass is 344 g/mol. The Morgan fingerprint density at radius 3 is 1.73 bits per heavy atom. The third kappa shape index (κ3) is 3.41. The Bertz CT molecular complexity index is 915. The van der Waals surface area contributed by atoms with Crippen LogP contribution in [-0.2, 0) is 13.1 Å². The molecular formula is C24H28N2. The highest BCUT2D eigenvalue weighted by Crippen LogP contribution is 2.24. The number of aromatic nitrogens is 2. The minimum Gasteiger partial charge on any atom is -0.347 e. The minimum atomic E-state index is 0.622. The van der Waals surface area contributed by atoms with Crippen LogP contribution in [0.3, 0.4) is 0 Å². The molecule has 1 atom stereocenters. The highest BCUT2D eigenvalue weighted by atomic mass is 15.0. The second-order valence-corrected chi connectivity index (χ2v) is 7.67. The summed E-state index contributed by atoms with van der Waals surface area (Å²) in [6.07, 6.45) is 7.01. The summed E-state index contributed by atoms with van der Waals surface area (Å²) in [6.45, 7) is 6.83. The first-order valence-corrected chi connectivity index (χ1v) is 9.82. The number of rotatable bonds is 7. The largest absolute Gasteiger partial charge is 0.347 e. The Morgan fingerprint density at radius 2 is 1.23 bits per heavy atom. The van der Waals surface area contributed by atoms with Gasteiger partial charge in [0.25, 0.3) is 0 Å². The molecule has 2 heteroatoms. The quantitative estimate of drug-likeness (QED) is 0.370. The molecule has 2 nitrogen and oxygen atoms in total. The van der Waals surface area contributed by atoms with Crippen molar-refractivity contribution in [2.45, 2.75) is 39.8 Å². The van der Waals surface area contributed by atoms with E-state index in [2.05, 4.69) is 96.0 Å². The standard InChI is InChI=1S/C24H28N2/c1-3-19(2)16-20(17-25-14-12-21-8-4-6-10-23(21)25)18-26-15-13-22-9-5-7-11-24(22)26/h4-15,19-20H,3,16-18H2,1-2H3. The summed E-state index contributed by atoms with van der Waals surface area (Å²) < 4.78 is 4.88. The van der Waals surface area contributed by atoms with Crippen LogP contribution in [0.25, 0.3) is 21.8 Å². The number of benzene rings is 2. The van der Waals surface area contributed by atoms with Gasteiger partial charge in [-0.05, 0) is 53.3 Å². The van der Waals surface area contributed by atoms with Crippen molar-refractivity contribution in [1.29, 1.82) is 0 Å². The van der Waals surface area contributed by atoms with Crippen molar-refractivity contribution in [1.82, 2.24) is 9.13 Å². The molecule has 0 bridgehead atoms. The smallest absolute Gasteiger partial charge is 0.0480 e. The van der Waals surface area contributed by atoms with Crippen LogP contribution in [0, 0.1) is 11.8 Å². The molecule has 2 aromatic heterocycles. The number of fused-ring (bicyclic) bond motifs is 2. The van der Waals surface area contributed by atoms with Gasteiger partial charge in [-0.25, -0.2) is 0 Å². The number of hydrogen-bond donors (Lipinski definition) is 0. The average molecular weight is 345 g/mol. The van der Waals surface area contributed by atoms with E-state index in [1.807, 2.05) is 0 Å². The molecule has 0 radical (unpaired) electrons. The Labute approximate surface area is 156 Å². The van der Waals surface area contributed by atoms with E-state index in [0.29, 0.717) is 5.92 Å². The van der Waals surface area contributed by atoms with Crippen LogP contribution >= 0.6 is 0 Å². The first kappa shape index (κ1) is 17.0. The summed E-state index contributed by atoms with van der Waals surface area (Å²) >= 11 is 0. The maximum atomic E-state index is 2.44. The molecule has 0 saturated carbocycles. The second kappa shape index (κ2) is 7.41. The fourth-order valence-corrected chi connectivity index (χ4v) is 4.10. The summed E-state index contributed by atoms with van der Waals surface area (Å²) in [7, 11) is 0. The predicted molar refractivity (Wildman–Crippen MR) is 111 cm³/mol. The van der Waals surface area contributed by atoms with Crippen molar-refractivity contribution < 1.29 is 0 Å². The molecule has 0 aliphatic carbocycles. The van der Waals surface area contributed by atoms with E-state index in [1.54, 1.807) is 0 Å². The molecule has 2 aromatic carbocycles. The van der Waals surface area contributed by atoms with E-state index in [9.17, 15) is 0 Å². The van der Waals surface area contributed by atoms with Crippen molar-refractivity contribution in [2.75, 3.05) is 0 Å². The third-order valence-corrected chi connectivity index (χ3v) is 5.70. The van der Waals surface area contributed by atoms with Gasteiger partial charge in [-0.2, -0.15) is 0 Å². The molecule has 26 heavy (non-hydrogen) atoms. The molecule has 0 aliphatic rings. The van der Waals surface area contributed by atoms with Gasteiger partial charge in [-0.15, -0.1) is 0 Å². The zero-order valence-corrected chi connectivity index (χ0v) is 15.8. The number of nitrogens with zero attached hydrogens (tertiary/aromatic N) is 2. The van der Waals surface area contributed by atoms with E-state index in [0.717, 1.165) is 19.0 Å². The summed E-state index contributed by atoms with van der Waals surface area (Å²) in [5.41, 5.74) is 2.69. The third-order valence-electron chi connectivity index (χ3n) is 5.70. The maximum absolute atomic E-state index is 2.44. The van der Waals surface area contributed by atoms with Crippen LogP contribution in [0.1, 0.15) is 26.7 Å². The lowest BCUT2D eigenvalue weighted by atomic mass is 9.93. The van der Waals surface area contributed by atoms with Gasteiger partial charge >= 0.3 is 0 Å². The van der Waals surface area contributed by atoms with Crippen LogP contribution in [0.4, 0.5) is 0 Å². The van der Waals surface area contributed by atoms with E-state index >= 15 is 0 Å². The normalized spacial score (nSPS) is 13.0. The molecule has 0 fully saturated rings. The first-order valence-electron chi connectivity index (χ1n) is 9.82. The van der Waals surface area contributed by atoms with Gasteiger partial charge in [-0.1, -0.05) is 56.7 Å². The number of para-hydroxylation sites is 2. The zero-order valence-electron chi connectivity index (χ0n) is 15.8. The van der Waals surface area contributed by atoms with Gasteiger partial charge in [0.1, 0.15) is 0 Å². The highest BCUT2D eigenvalue weighted by molar-refractivity contribution is 5.80. The van der Waals surface area contributed by atoms with E-state index in [-0.39, 0.29) is 0 Å². The molecule has 4 rings (SSSR count). The van der Waals surface area contributed by atoms with E-state index in [1.165, 1.54) is 34.6 Å². The summed E-state index contributed by atoms with van der Waals surface area (Å²) in [6, 6.07) is 21.9. The lowest BCUT2D eigenvalue weighted by molar-refractivity contribution is 0.313. The first-order chi connectivity index (χ1) is 12.7. The maximum Gasteiger partial charge on any atom is 0.0480 e. The Hall–Kier alpha value is -2.48. The molecule has 0 saturated heterocycles. The van der Waals surface area contributed by atoms with E-state index in [4.69, 9.17) is 0 Å². The molecule has 0 aliphatic heterocycles. The number of hydrogen-bond acceptors (Lipinski definition) is 0. The van der Waals surface area contributed by atoms with Crippen LogP contribution in [0.5, 0.6) is 0 Å². The zero-order chi connectivity index (χ0) is 17.9. The lowest BCUT2D eigenvalue weighted by Gasteiger charge is -2.23. The molecule has 2 heterocycles. The Balaban J connectivity index is 1.61. The van der Waals surface area contributed by atoms with Gasteiger partial charge < -0.3 is 9.13 Å². The van der Waals surface area contributed by atoms with E-state index < -0.39 is 0 Å². The average Bonchev–Trinajstić information content (AvgIpc) is 3.26. The van der Waals surface area contributed by atoms with Gasteiger partial charge in [0, 0.05) is 36.5 Å². The second-order valence-electron chi connectivity index (χ2n) is 7.67. The topological polar surface area (TPSA) is 9.86 Å². The molecular weight excluding hydrogens is 316 g/mol. The molecule has 0 N–H and O–H groups in total. The van der Waals surface area contributed by atoms with Crippen molar-refractivity contribution in [3.8, 4) is 0 Å². The van der Waals surface area contributed by atoms with Gasteiger partial charge in [0.15, 0.2) is 0 Å². The summed E-state index contributed by atoms with van der Waals surface area (Å²) in [5, 5.41) is 2.67. The summed E-state index contributed by atoms with van der Waals surface area (Å²) in [4.78, 5) is 0. The minimum absolute atomic E-state index is 0.622. The van der Waals surface area contributed by atoms with Gasteiger partial charge in [0.2, 0.25) is 0 Å². The van der Waals surface area contributed by atoms with Gasteiger partial charge in [-0.3, -0.25) is 0 Å². The predicted octanol–water partition coefficient (Wildman–Crippen LogP) is 6.35. The van der Waals surface area contributed by atoms with Crippen LogP contribution in [-0.4, -0.2) is 9.13 Å². The Morgan fingerprint density at radius 1 is 0.731 bits per heavy atom. The highest BCUT2D eigenvalue weighted by Gasteiger charge is 2.16. The van der Waals surface area contributed by atoms with Crippen molar-refractivity contribution in [2.24, 2.45) is 11.8 Å². The lowest BCUT2D eigenvalue weighted by Crippen LogP contribution is -2.19. The SMILES string of the molecule is CCC(C)CC(Cn1ccc2ccccc21)Cn1ccc2ccccc21. The fraction of sp³-hybridized carbons (Fsp3) is 0.333. The fourth-order valence-electron chi connectivity index (χ4n) is 4.10. The van der Waals surface area contributed by atoms with Crippen LogP contribution in [0.15, 0.2) is 73.1 Å². The molecule has 134 valence electrons.